The van der Waals surface area contributed by atoms with Gasteiger partial charge in [0.15, 0.2) is 0 Å². The Balaban J connectivity index is 0.000000141. The van der Waals surface area contributed by atoms with Crippen molar-refractivity contribution in [3.05, 3.63) is 58.7 Å². The summed E-state index contributed by atoms with van der Waals surface area (Å²) in [6.07, 6.45) is 14.9. The molecule has 4 bridgehead atoms. The van der Waals surface area contributed by atoms with Crippen LogP contribution in [-0.2, 0) is 23.7 Å². The average molecular weight is 546 g/mol. The van der Waals surface area contributed by atoms with Gasteiger partial charge in [0, 0.05) is 27.0 Å². The van der Waals surface area contributed by atoms with E-state index in [0.29, 0.717) is 17.9 Å². The summed E-state index contributed by atoms with van der Waals surface area (Å²) in [4.78, 5) is 4.44. The average Bonchev–Trinajstić information content (AvgIpc) is 3.02. The standard InChI is InChI=1S/2C18H25NO/c2*1-19-10-9-18-8-4-3-5-15(18)17(19)11-13-6-7-14(20-2)12-16(13)18/h2*6-7,12,15,17H,3-5,8-11H2,1-2H3/t2*15-,17+,18+/m11/s1/i1D3;. The molecular weight excluding hydrogens is 492 g/mol. The van der Waals surface area contributed by atoms with Crippen molar-refractivity contribution in [3.8, 4) is 11.5 Å². The smallest absolute Gasteiger partial charge is 0.119 e. The van der Waals surface area contributed by atoms with Crippen LogP contribution in [0.15, 0.2) is 36.4 Å². The molecule has 0 radical (unpaired) electrons. The molecule has 0 unspecified atom stereocenters. The molecule has 40 heavy (non-hydrogen) atoms. The van der Waals surface area contributed by atoms with Gasteiger partial charge >= 0.3 is 0 Å². The Morgan fingerprint density at radius 3 is 1.70 bits per heavy atom. The van der Waals surface area contributed by atoms with Crippen LogP contribution in [0.1, 0.15) is 90.6 Å². The molecule has 4 nitrogen and oxygen atoms in total. The SMILES string of the molecule is COc1ccc2c(c1)[C@]13CCCC[C@@H]1[C@H](C2)N(C)CC3.[2H]C([2H])([2H])N1CC[C@@]23CCCC[C@@H]2[C@@H]1Cc1ccc(OC)cc13. The predicted molar refractivity (Wildman–Crippen MR) is 163 cm³/mol. The lowest BCUT2D eigenvalue weighted by Crippen LogP contribution is -2.59. The van der Waals surface area contributed by atoms with Gasteiger partial charge in [0.1, 0.15) is 11.5 Å². The molecule has 2 saturated heterocycles. The van der Waals surface area contributed by atoms with Crippen LogP contribution in [-0.4, -0.2) is 63.2 Å². The molecule has 0 amide bonds. The molecular formula is C36H50N2O2. The van der Waals surface area contributed by atoms with Crippen molar-refractivity contribution >= 4 is 0 Å². The third-order valence-corrected chi connectivity index (χ3v) is 12.4. The maximum absolute atomic E-state index is 7.94. The fourth-order valence-electron chi connectivity index (χ4n) is 10.4. The van der Waals surface area contributed by atoms with Gasteiger partial charge in [-0.25, -0.2) is 0 Å². The van der Waals surface area contributed by atoms with Gasteiger partial charge in [0.25, 0.3) is 0 Å². The number of likely N-dealkylation sites (tertiary alicyclic amines) is 2. The number of fused-ring (bicyclic) bond motifs is 2. The number of likely N-dealkylation sites (N-methyl/N-ethyl adjacent to an activating group) is 2. The van der Waals surface area contributed by atoms with Crippen LogP contribution in [0.2, 0.25) is 0 Å². The monoisotopic (exact) mass is 545 g/mol. The minimum absolute atomic E-state index is 0.164. The second-order valence-corrected chi connectivity index (χ2v) is 13.8. The number of benzene rings is 2. The molecule has 6 atom stereocenters. The van der Waals surface area contributed by atoms with Gasteiger partial charge in [-0.05, 0) is 137 Å². The highest BCUT2D eigenvalue weighted by Gasteiger charge is 2.54. The highest BCUT2D eigenvalue weighted by atomic mass is 16.5. The van der Waals surface area contributed by atoms with Crippen LogP contribution >= 0.6 is 0 Å². The van der Waals surface area contributed by atoms with Crippen molar-refractivity contribution in [1.82, 2.24) is 9.80 Å². The molecule has 4 aliphatic carbocycles. The third-order valence-electron chi connectivity index (χ3n) is 12.4. The van der Waals surface area contributed by atoms with Gasteiger partial charge in [-0.3, -0.25) is 0 Å². The minimum atomic E-state index is -1.97. The van der Waals surface area contributed by atoms with Gasteiger partial charge < -0.3 is 19.3 Å². The maximum Gasteiger partial charge on any atom is 0.119 e. The molecule has 0 spiro atoms. The quantitative estimate of drug-likeness (QED) is 0.416. The molecule has 4 heteroatoms. The van der Waals surface area contributed by atoms with E-state index < -0.39 is 6.98 Å². The molecule has 6 aliphatic rings. The lowest BCUT2D eigenvalue weighted by molar-refractivity contribution is 0.00272. The Hall–Kier alpha value is -2.04. The summed E-state index contributed by atoms with van der Waals surface area (Å²) in [5.41, 5.74) is 6.63. The van der Waals surface area contributed by atoms with Gasteiger partial charge in [-0.1, -0.05) is 37.8 Å². The number of nitrogens with zero attached hydrogens (tertiary/aromatic N) is 2. The first-order valence-electron chi connectivity index (χ1n) is 17.5. The van der Waals surface area contributed by atoms with E-state index >= 15 is 0 Å². The Bertz CT molecular complexity index is 1350. The molecule has 2 heterocycles. The lowest BCUT2D eigenvalue weighted by atomic mass is 9.52. The number of methoxy groups -OCH3 is 2. The van der Waals surface area contributed by atoms with E-state index in [4.69, 9.17) is 13.6 Å². The molecule has 8 rings (SSSR count). The molecule has 0 aromatic heterocycles. The number of hydrogen-bond donors (Lipinski definition) is 0. The summed E-state index contributed by atoms with van der Waals surface area (Å²) < 4.78 is 34.8. The number of piperidine rings is 2. The summed E-state index contributed by atoms with van der Waals surface area (Å²) in [5.74, 6) is 3.32. The van der Waals surface area contributed by atoms with E-state index in [9.17, 15) is 0 Å². The van der Waals surface area contributed by atoms with E-state index in [1.54, 1.807) is 25.3 Å². The Kier molecular flexibility index (Phi) is 6.08. The summed E-state index contributed by atoms with van der Waals surface area (Å²) in [5, 5.41) is 0. The number of hydrogen-bond acceptors (Lipinski definition) is 4. The van der Waals surface area contributed by atoms with Crippen LogP contribution in [0.5, 0.6) is 11.5 Å². The van der Waals surface area contributed by atoms with Crippen LogP contribution < -0.4 is 9.47 Å². The Morgan fingerprint density at radius 2 is 1.20 bits per heavy atom. The minimum Gasteiger partial charge on any atom is -0.497 e. The fourth-order valence-corrected chi connectivity index (χ4v) is 10.4. The summed E-state index contributed by atoms with van der Waals surface area (Å²) >= 11 is 0. The highest BCUT2D eigenvalue weighted by Crippen LogP contribution is 2.57. The van der Waals surface area contributed by atoms with Crippen LogP contribution in [0.4, 0.5) is 0 Å². The fraction of sp³-hybridized carbons (Fsp3) is 0.667. The first-order chi connectivity index (χ1) is 20.7. The van der Waals surface area contributed by atoms with E-state index in [1.165, 1.54) is 75.5 Å². The summed E-state index contributed by atoms with van der Waals surface area (Å²) in [6, 6.07) is 14.2. The van der Waals surface area contributed by atoms with Crippen LogP contribution in [0.3, 0.4) is 0 Å². The summed E-state index contributed by atoms with van der Waals surface area (Å²) in [7, 11) is 5.84. The topological polar surface area (TPSA) is 24.9 Å². The first-order valence-corrected chi connectivity index (χ1v) is 16.0. The van der Waals surface area contributed by atoms with Crippen molar-refractivity contribution in [2.24, 2.45) is 11.8 Å². The second-order valence-electron chi connectivity index (χ2n) is 13.8. The molecule has 2 aliphatic heterocycles. The van der Waals surface area contributed by atoms with Crippen molar-refractivity contribution in [1.29, 1.82) is 0 Å². The van der Waals surface area contributed by atoms with Crippen LogP contribution in [0, 0.1) is 11.8 Å². The third kappa shape index (κ3) is 4.07. The zero-order valence-electron chi connectivity index (χ0n) is 27.9. The predicted octanol–water partition coefficient (Wildman–Crippen LogP) is 6.77. The molecule has 2 aromatic rings. The Morgan fingerprint density at radius 1 is 0.700 bits per heavy atom. The highest BCUT2D eigenvalue weighted by molar-refractivity contribution is 5.47. The molecule has 2 aromatic carbocycles. The van der Waals surface area contributed by atoms with Crippen molar-refractivity contribution in [2.75, 3.05) is 41.3 Å². The molecule has 2 saturated carbocycles. The second kappa shape index (κ2) is 10.3. The van der Waals surface area contributed by atoms with Gasteiger partial charge in [0.05, 0.1) is 14.2 Å². The van der Waals surface area contributed by atoms with Gasteiger partial charge in [-0.15, -0.1) is 0 Å². The van der Waals surface area contributed by atoms with E-state index in [2.05, 4.69) is 42.3 Å². The van der Waals surface area contributed by atoms with Crippen molar-refractivity contribution in [3.63, 3.8) is 0 Å². The van der Waals surface area contributed by atoms with Crippen molar-refractivity contribution < 1.29 is 13.6 Å². The molecule has 4 fully saturated rings. The van der Waals surface area contributed by atoms with E-state index in [1.807, 2.05) is 11.0 Å². The number of rotatable bonds is 2. The van der Waals surface area contributed by atoms with Gasteiger partial charge in [0.2, 0.25) is 0 Å². The summed E-state index contributed by atoms with van der Waals surface area (Å²) in [6.45, 7) is -0.0234. The Labute approximate surface area is 246 Å². The maximum atomic E-state index is 7.94. The van der Waals surface area contributed by atoms with Gasteiger partial charge in [-0.2, -0.15) is 0 Å². The van der Waals surface area contributed by atoms with E-state index in [-0.39, 0.29) is 11.5 Å². The molecule has 0 N–H and O–H groups in total. The van der Waals surface area contributed by atoms with Crippen molar-refractivity contribution in [2.45, 2.75) is 100.0 Å². The first kappa shape index (κ1) is 23.5. The zero-order chi connectivity index (χ0) is 30.0. The number of ether oxygens (including phenoxy) is 2. The zero-order valence-corrected chi connectivity index (χ0v) is 24.9. The normalized spacial score (nSPS) is 37.5. The largest absolute Gasteiger partial charge is 0.497 e. The van der Waals surface area contributed by atoms with Crippen LogP contribution in [0.25, 0.3) is 0 Å². The lowest BCUT2D eigenvalue weighted by Gasteiger charge is -2.58. The van der Waals surface area contributed by atoms with E-state index in [0.717, 1.165) is 42.7 Å². The molecule has 216 valence electrons.